The highest BCUT2D eigenvalue weighted by Crippen LogP contribution is 2.27. The molecule has 3 nitrogen and oxygen atoms in total. The molecule has 5 heteroatoms. The number of aromatic amines is 1. The molecule has 1 aromatic carbocycles. The van der Waals surface area contributed by atoms with Crippen LogP contribution in [-0.4, -0.2) is 15.0 Å². The first-order chi connectivity index (χ1) is 8.33. The zero-order valence-electron chi connectivity index (χ0n) is 8.72. The minimum Gasteiger partial charge on any atom is -0.343 e. The van der Waals surface area contributed by atoms with Gasteiger partial charge in [0, 0.05) is 10.9 Å². The van der Waals surface area contributed by atoms with E-state index in [1.165, 1.54) is 23.5 Å². The number of benzene rings is 1. The number of nitrogens with zero attached hydrogens (tertiary/aromatic N) is 2. The van der Waals surface area contributed by atoms with Gasteiger partial charge in [-0.15, -0.1) is 11.3 Å². The molecule has 0 bridgehead atoms. The van der Waals surface area contributed by atoms with Gasteiger partial charge in [0.05, 0.1) is 23.9 Å². The summed E-state index contributed by atoms with van der Waals surface area (Å²) in [6, 6.07) is 6.32. The fraction of sp³-hybridized carbons (Fsp3) is 0. The fourth-order valence-corrected chi connectivity index (χ4v) is 2.33. The largest absolute Gasteiger partial charge is 0.343 e. The number of aromatic nitrogens is 3. The zero-order chi connectivity index (χ0) is 11.7. The molecule has 3 aromatic rings. The van der Waals surface area contributed by atoms with E-state index < -0.39 is 0 Å². The summed E-state index contributed by atoms with van der Waals surface area (Å²) in [4.78, 5) is 11.4. The summed E-state index contributed by atoms with van der Waals surface area (Å²) in [5.74, 6) is -0.238. The number of nitrogens with one attached hydrogen (secondary N) is 1. The molecule has 0 radical (unpaired) electrons. The van der Waals surface area contributed by atoms with Crippen LogP contribution in [0.15, 0.2) is 42.2 Å². The van der Waals surface area contributed by atoms with E-state index in [1.54, 1.807) is 24.7 Å². The van der Waals surface area contributed by atoms with E-state index >= 15 is 0 Å². The number of halogens is 1. The van der Waals surface area contributed by atoms with Crippen LogP contribution in [-0.2, 0) is 0 Å². The number of imidazole rings is 1. The lowest BCUT2D eigenvalue weighted by molar-refractivity contribution is 0.628. The molecule has 0 fully saturated rings. The molecule has 0 saturated carbocycles. The molecule has 0 aliphatic heterocycles. The highest BCUT2D eigenvalue weighted by molar-refractivity contribution is 7.13. The Bertz CT molecular complexity index is 614. The van der Waals surface area contributed by atoms with Crippen molar-refractivity contribution in [2.24, 2.45) is 0 Å². The lowest BCUT2D eigenvalue weighted by Crippen LogP contribution is -1.80. The second-order valence-corrected chi connectivity index (χ2v) is 4.37. The fourth-order valence-electron chi connectivity index (χ4n) is 1.52. The van der Waals surface area contributed by atoms with Gasteiger partial charge in [0.2, 0.25) is 0 Å². The predicted molar refractivity (Wildman–Crippen MR) is 65.1 cm³/mol. The molecule has 0 aliphatic carbocycles. The molecule has 2 aromatic heterocycles. The van der Waals surface area contributed by atoms with Gasteiger partial charge in [-0.1, -0.05) is 0 Å². The van der Waals surface area contributed by atoms with Gasteiger partial charge >= 0.3 is 0 Å². The highest BCUT2D eigenvalue weighted by atomic mass is 32.1. The van der Waals surface area contributed by atoms with Crippen molar-refractivity contribution in [2.75, 3.05) is 0 Å². The highest BCUT2D eigenvalue weighted by Gasteiger charge is 2.07. The SMILES string of the molecule is Fc1ccc(-c2csc(-c3cnc[nH]3)n2)cc1. The number of rotatable bonds is 2. The Balaban J connectivity index is 1.98. The maximum atomic E-state index is 12.8. The third kappa shape index (κ3) is 1.97. The molecule has 0 aliphatic rings. The Kier molecular flexibility index (Phi) is 2.45. The van der Waals surface area contributed by atoms with Crippen molar-refractivity contribution in [1.29, 1.82) is 0 Å². The molecule has 0 amide bonds. The molecule has 0 unspecified atom stereocenters. The van der Waals surface area contributed by atoms with E-state index in [4.69, 9.17) is 0 Å². The lowest BCUT2D eigenvalue weighted by Gasteiger charge is -1.95. The van der Waals surface area contributed by atoms with Crippen LogP contribution in [0.1, 0.15) is 0 Å². The molecule has 0 atom stereocenters. The summed E-state index contributed by atoms with van der Waals surface area (Å²) in [6.07, 6.45) is 3.35. The van der Waals surface area contributed by atoms with E-state index in [9.17, 15) is 4.39 Å². The summed E-state index contributed by atoms with van der Waals surface area (Å²) in [7, 11) is 0. The Hall–Kier alpha value is -2.01. The molecule has 0 saturated heterocycles. The summed E-state index contributed by atoms with van der Waals surface area (Å²) in [5.41, 5.74) is 2.65. The van der Waals surface area contributed by atoms with Crippen LogP contribution >= 0.6 is 11.3 Å². The van der Waals surface area contributed by atoms with Gasteiger partial charge < -0.3 is 4.98 Å². The van der Waals surface area contributed by atoms with Crippen LogP contribution in [0, 0.1) is 5.82 Å². The Morgan fingerprint density at radius 1 is 1.18 bits per heavy atom. The normalized spacial score (nSPS) is 10.6. The second kappa shape index (κ2) is 4.10. The van der Waals surface area contributed by atoms with Gasteiger partial charge in [-0.3, -0.25) is 0 Å². The Morgan fingerprint density at radius 2 is 2.00 bits per heavy atom. The predicted octanol–water partition coefficient (Wildman–Crippen LogP) is 3.34. The number of hydrogen-bond acceptors (Lipinski definition) is 3. The van der Waals surface area contributed by atoms with Crippen LogP contribution in [0.3, 0.4) is 0 Å². The second-order valence-electron chi connectivity index (χ2n) is 3.51. The van der Waals surface area contributed by atoms with E-state index in [2.05, 4.69) is 15.0 Å². The Labute approximate surface area is 101 Å². The van der Waals surface area contributed by atoms with Crippen molar-refractivity contribution in [3.63, 3.8) is 0 Å². The molecule has 1 N–H and O–H groups in total. The molecular formula is C12H8FN3S. The molecular weight excluding hydrogens is 237 g/mol. The first-order valence-corrected chi connectivity index (χ1v) is 5.91. The van der Waals surface area contributed by atoms with Gasteiger partial charge in [-0.2, -0.15) is 0 Å². The zero-order valence-corrected chi connectivity index (χ0v) is 9.54. The monoisotopic (exact) mass is 245 g/mol. The first kappa shape index (κ1) is 10.2. The van der Waals surface area contributed by atoms with E-state index in [0.717, 1.165) is 22.0 Å². The van der Waals surface area contributed by atoms with Crippen LogP contribution in [0.4, 0.5) is 4.39 Å². The van der Waals surface area contributed by atoms with Crippen LogP contribution in [0.5, 0.6) is 0 Å². The van der Waals surface area contributed by atoms with Crippen molar-refractivity contribution in [3.05, 3.63) is 48.0 Å². The van der Waals surface area contributed by atoms with Crippen molar-refractivity contribution in [2.45, 2.75) is 0 Å². The smallest absolute Gasteiger partial charge is 0.141 e. The van der Waals surface area contributed by atoms with Gasteiger partial charge in [-0.25, -0.2) is 14.4 Å². The topological polar surface area (TPSA) is 41.6 Å². The number of thiazole rings is 1. The van der Waals surface area contributed by atoms with Crippen molar-refractivity contribution in [3.8, 4) is 22.0 Å². The van der Waals surface area contributed by atoms with Gasteiger partial charge in [0.25, 0.3) is 0 Å². The maximum Gasteiger partial charge on any atom is 0.141 e. The van der Waals surface area contributed by atoms with Gasteiger partial charge in [0.15, 0.2) is 0 Å². The molecule has 17 heavy (non-hydrogen) atoms. The van der Waals surface area contributed by atoms with Crippen LogP contribution in [0.25, 0.3) is 22.0 Å². The van der Waals surface area contributed by atoms with Crippen molar-refractivity contribution in [1.82, 2.24) is 15.0 Å². The molecule has 0 spiro atoms. The Morgan fingerprint density at radius 3 is 2.71 bits per heavy atom. The van der Waals surface area contributed by atoms with E-state index in [0.29, 0.717) is 0 Å². The standard InChI is InChI=1S/C12H8FN3S/c13-9-3-1-8(2-4-9)11-6-17-12(16-11)10-5-14-7-15-10/h1-7H,(H,14,15). The minimum atomic E-state index is -0.238. The van der Waals surface area contributed by atoms with Gasteiger partial charge in [0.1, 0.15) is 10.8 Å². The van der Waals surface area contributed by atoms with E-state index in [-0.39, 0.29) is 5.82 Å². The third-order valence-corrected chi connectivity index (χ3v) is 3.25. The molecule has 2 heterocycles. The summed E-state index contributed by atoms with van der Waals surface area (Å²) in [5, 5.41) is 2.82. The van der Waals surface area contributed by atoms with Crippen molar-refractivity contribution >= 4 is 11.3 Å². The van der Waals surface area contributed by atoms with Crippen LogP contribution < -0.4 is 0 Å². The van der Waals surface area contributed by atoms with E-state index in [1.807, 2.05) is 5.38 Å². The first-order valence-electron chi connectivity index (χ1n) is 5.03. The third-order valence-electron chi connectivity index (χ3n) is 2.37. The van der Waals surface area contributed by atoms with Gasteiger partial charge in [-0.05, 0) is 24.3 Å². The maximum absolute atomic E-state index is 12.8. The summed E-state index contributed by atoms with van der Waals surface area (Å²) < 4.78 is 12.8. The lowest BCUT2D eigenvalue weighted by atomic mass is 10.2. The molecule has 3 rings (SSSR count). The average Bonchev–Trinajstić information content (AvgIpc) is 3.00. The number of H-pyrrole nitrogens is 1. The summed E-state index contributed by atoms with van der Waals surface area (Å²) >= 11 is 1.53. The quantitative estimate of drug-likeness (QED) is 0.752. The average molecular weight is 245 g/mol. The number of hydrogen-bond donors (Lipinski definition) is 1. The minimum absolute atomic E-state index is 0.238. The summed E-state index contributed by atoms with van der Waals surface area (Å²) in [6.45, 7) is 0. The van der Waals surface area contributed by atoms with Crippen LogP contribution in [0.2, 0.25) is 0 Å². The van der Waals surface area contributed by atoms with Crippen molar-refractivity contribution < 1.29 is 4.39 Å². The molecule has 84 valence electrons.